The van der Waals surface area contributed by atoms with Gasteiger partial charge in [-0.25, -0.2) is 4.79 Å². The first-order valence-corrected chi connectivity index (χ1v) is 7.53. The standard InChI is InChI=1S/C14H19NO4S/c1-3-10-9(2)8-11(20-10)12(16)15-6-4-14(19,5-7-15)13(17)18/h8,19H,3-7H2,1-2H3,(H,17,18). The Bertz CT molecular complexity index is 529. The van der Waals surface area contributed by atoms with Crippen LogP contribution in [0.25, 0.3) is 0 Å². The van der Waals surface area contributed by atoms with Crippen LogP contribution in [-0.2, 0) is 11.2 Å². The number of hydrogen-bond acceptors (Lipinski definition) is 4. The molecule has 6 heteroatoms. The fraction of sp³-hybridized carbons (Fsp3) is 0.571. The van der Waals surface area contributed by atoms with Gasteiger partial charge >= 0.3 is 5.97 Å². The number of piperidine rings is 1. The number of likely N-dealkylation sites (tertiary alicyclic amines) is 1. The minimum atomic E-state index is -1.68. The Morgan fingerprint density at radius 1 is 1.40 bits per heavy atom. The second-order valence-corrected chi connectivity index (χ2v) is 6.34. The van der Waals surface area contributed by atoms with E-state index >= 15 is 0 Å². The van der Waals surface area contributed by atoms with Crippen molar-refractivity contribution in [3.05, 3.63) is 21.4 Å². The smallest absolute Gasteiger partial charge is 0.335 e. The molecule has 1 amide bonds. The molecule has 0 bridgehead atoms. The number of carboxylic acid groups (broad SMARTS) is 1. The minimum absolute atomic E-state index is 0.0646. The summed E-state index contributed by atoms with van der Waals surface area (Å²) in [6, 6.07) is 1.89. The number of nitrogens with zero attached hydrogens (tertiary/aromatic N) is 1. The van der Waals surface area contributed by atoms with Crippen molar-refractivity contribution in [1.82, 2.24) is 4.90 Å². The van der Waals surface area contributed by atoms with Crippen molar-refractivity contribution < 1.29 is 19.8 Å². The van der Waals surface area contributed by atoms with Crippen LogP contribution in [0.1, 0.15) is 39.9 Å². The molecular formula is C14H19NO4S. The van der Waals surface area contributed by atoms with E-state index in [0.29, 0.717) is 4.88 Å². The molecule has 0 atom stereocenters. The molecule has 1 fully saturated rings. The zero-order valence-corrected chi connectivity index (χ0v) is 12.5. The van der Waals surface area contributed by atoms with Gasteiger partial charge in [0, 0.05) is 30.8 Å². The van der Waals surface area contributed by atoms with Crippen molar-refractivity contribution in [1.29, 1.82) is 0 Å². The van der Waals surface area contributed by atoms with E-state index in [-0.39, 0.29) is 31.8 Å². The van der Waals surface area contributed by atoms with Crippen LogP contribution >= 0.6 is 11.3 Å². The maximum atomic E-state index is 12.4. The molecule has 2 heterocycles. The van der Waals surface area contributed by atoms with Crippen LogP contribution in [0.3, 0.4) is 0 Å². The van der Waals surface area contributed by atoms with Gasteiger partial charge in [0.25, 0.3) is 5.91 Å². The molecule has 0 radical (unpaired) electrons. The van der Waals surface area contributed by atoms with Gasteiger partial charge in [-0.1, -0.05) is 6.92 Å². The summed E-state index contributed by atoms with van der Waals surface area (Å²) in [4.78, 5) is 26.9. The van der Waals surface area contributed by atoms with Gasteiger partial charge in [-0.2, -0.15) is 0 Å². The zero-order chi connectivity index (χ0) is 14.9. The quantitative estimate of drug-likeness (QED) is 0.889. The molecule has 0 unspecified atom stereocenters. The third-order valence-corrected chi connectivity index (χ3v) is 5.20. The predicted octanol–water partition coefficient (Wildman–Crippen LogP) is 1.67. The van der Waals surface area contributed by atoms with Crippen molar-refractivity contribution in [2.24, 2.45) is 0 Å². The van der Waals surface area contributed by atoms with Crippen molar-refractivity contribution in [2.75, 3.05) is 13.1 Å². The van der Waals surface area contributed by atoms with Crippen LogP contribution in [0, 0.1) is 6.92 Å². The van der Waals surface area contributed by atoms with Gasteiger partial charge in [0.05, 0.1) is 4.88 Å². The number of carbonyl (C=O) groups is 2. The van der Waals surface area contributed by atoms with Crippen molar-refractivity contribution in [3.63, 3.8) is 0 Å². The van der Waals surface area contributed by atoms with E-state index in [1.807, 2.05) is 13.0 Å². The summed E-state index contributed by atoms with van der Waals surface area (Å²) < 4.78 is 0. The Labute approximate surface area is 121 Å². The number of aliphatic carboxylic acids is 1. The average Bonchev–Trinajstić information content (AvgIpc) is 2.80. The Morgan fingerprint density at radius 2 is 2.00 bits per heavy atom. The fourth-order valence-electron chi connectivity index (χ4n) is 2.43. The highest BCUT2D eigenvalue weighted by molar-refractivity contribution is 7.14. The number of carbonyl (C=O) groups excluding carboxylic acids is 1. The van der Waals surface area contributed by atoms with Crippen molar-refractivity contribution >= 4 is 23.2 Å². The van der Waals surface area contributed by atoms with E-state index in [1.165, 1.54) is 16.2 Å². The number of aryl methyl sites for hydroxylation is 2. The SMILES string of the molecule is CCc1sc(C(=O)N2CCC(O)(C(=O)O)CC2)cc1C. The lowest BCUT2D eigenvalue weighted by atomic mass is 9.91. The zero-order valence-electron chi connectivity index (χ0n) is 11.7. The largest absolute Gasteiger partial charge is 0.479 e. The van der Waals surface area contributed by atoms with Gasteiger partial charge < -0.3 is 15.1 Å². The van der Waals surface area contributed by atoms with Crippen LogP contribution in [0.4, 0.5) is 0 Å². The Kier molecular flexibility index (Phi) is 4.15. The molecule has 1 aromatic rings. The van der Waals surface area contributed by atoms with Gasteiger partial charge in [-0.05, 0) is 25.0 Å². The molecule has 1 aliphatic rings. The molecule has 1 aromatic heterocycles. The topological polar surface area (TPSA) is 77.8 Å². The highest BCUT2D eigenvalue weighted by Gasteiger charge is 2.40. The van der Waals surface area contributed by atoms with Crippen LogP contribution < -0.4 is 0 Å². The van der Waals surface area contributed by atoms with Gasteiger partial charge in [0.15, 0.2) is 5.60 Å². The lowest BCUT2D eigenvalue weighted by molar-refractivity contribution is -0.162. The number of amides is 1. The summed E-state index contributed by atoms with van der Waals surface area (Å²) in [7, 11) is 0. The van der Waals surface area contributed by atoms with Gasteiger partial charge in [-0.15, -0.1) is 11.3 Å². The summed E-state index contributed by atoms with van der Waals surface area (Å²) in [6.07, 6.45) is 1.07. The summed E-state index contributed by atoms with van der Waals surface area (Å²) in [5.41, 5.74) is -0.559. The molecule has 110 valence electrons. The molecule has 2 rings (SSSR count). The normalized spacial score (nSPS) is 18.1. The molecule has 0 saturated carbocycles. The van der Waals surface area contributed by atoms with Crippen LogP contribution in [0.2, 0.25) is 0 Å². The number of rotatable bonds is 3. The summed E-state index contributed by atoms with van der Waals surface area (Å²) in [5, 5.41) is 18.8. The fourth-order valence-corrected chi connectivity index (χ4v) is 3.51. The highest BCUT2D eigenvalue weighted by atomic mass is 32.1. The number of carboxylic acids is 1. The highest BCUT2D eigenvalue weighted by Crippen LogP contribution is 2.27. The second kappa shape index (κ2) is 5.54. The van der Waals surface area contributed by atoms with Crippen molar-refractivity contribution in [2.45, 2.75) is 38.7 Å². The Morgan fingerprint density at radius 3 is 2.45 bits per heavy atom. The van der Waals surface area contributed by atoms with Crippen molar-refractivity contribution in [3.8, 4) is 0 Å². The third-order valence-electron chi connectivity index (χ3n) is 3.83. The summed E-state index contributed by atoms with van der Waals surface area (Å²) in [5.74, 6) is -1.27. The number of thiophene rings is 1. The summed E-state index contributed by atoms with van der Waals surface area (Å²) >= 11 is 1.50. The molecule has 1 saturated heterocycles. The maximum absolute atomic E-state index is 12.4. The van der Waals surface area contributed by atoms with E-state index in [1.54, 1.807) is 4.90 Å². The molecule has 0 spiro atoms. The van der Waals surface area contributed by atoms with Gasteiger partial charge in [-0.3, -0.25) is 4.79 Å². The van der Waals surface area contributed by atoms with Gasteiger partial charge in [0.1, 0.15) is 0 Å². The number of aliphatic hydroxyl groups is 1. The van der Waals surface area contributed by atoms with Gasteiger partial charge in [0.2, 0.25) is 0 Å². The monoisotopic (exact) mass is 297 g/mol. The molecule has 1 aliphatic heterocycles. The first kappa shape index (κ1) is 15.0. The van der Waals surface area contributed by atoms with E-state index in [0.717, 1.165) is 12.0 Å². The third kappa shape index (κ3) is 2.71. The molecule has 5 nitrogen and oxygen atoms in total. The summed E-state index contributed by atoms with van der Waals surface area (Å²) in [6.45, 7) is 4.60. The average molecular weight is 297 g/mol. The van der Waals surface area contributed by atoms with E-state index in [2.05, 4.69) is 6.92 Å². The lowest BCUT2D eigenvalue weighted by Gasteiger charge is -2.35. The lowest BCUT2D eigenvalue weighted by Crippen LogP contribution is -2.50. The molecule has 0 aliphatic carbocycles. The van der Waals surface area contributed by atoms with E-state index in [4.69, 9.17) is 5.11 Å². The first-order chi connectivity index (χ1) is 9.37. The maximum Gasteiger partial charge on any atom is 0.335 e. The van der Waals surface area contributed by atoms with Crippen LogP contribution in [0.15, 0.2) is 6.07 Å². The van der Waals surface area contributed by atoms with E-state index in [9.17, 15) is 14.7 Å². The molecule has 0 aromatic carbocycles. The molecule has 20 heavy (non-hydrogen) atoms. The van der Waals surface area contributed by atoms with Crippen LogP contribution in [0.5, 0.6) is 0 Å². The minimum Gasteiger partial charge on any atom is -0.479 e. The predicted molar refractivity (Wildman–Crippen MR) is 76.2 cm³/mol. The Hall–Kier alpha value is -1.40. The molecule has 2 N–H and O–H groups in total. The molecular weight excluding hydrogens is 278 g/mol. The van der Waals surface area contributed by atoms with E-state index < -0.39 is 11.6 Å². The second-order valence-electron chi connectivity index (χ2n) is 5.20. The number of hydrogen-bond donors (Lipinski definition) is 2. The first-order valence-electron chi connectivity index (χ1n) is 6.71. The Balaban J connectivity index is 2.06. The van der Waals surface area contributed by atoms with Crippen LogP contribution in [-0.4, -0.2) is 45.7 Å².